The van der Waals surface area contributed by atoms with E-state index in [4.69, 9.17) is 4.42 Å². The highest BCUT2D eigenvalue weighted by Gasteiger charge is 2.40. The zero-order valence-corrected chi connectivity index (χ0v) is 8.68. The zero-order valence-electron chi connectivity index (χ0n) is 8.68. The Balaban J connectivity index is 1.97. The molecule has 1 saturated carbocycles. The first-order valence-corrected chi connectivity index (χ1v) is 5.42. The van der Waals surface area contributed by atoms with Crippen LogP contribution in [0.1, 0.15) is 25.2 Å². The maximum Gasteiger partial charge on any atom is 0.134 e. The van der Waals surface area contributed by atoms with E-state index >= 15 is 0 Å². The molecule has 1 fully saturated rings. The molecule has 2 heteroatoms. The summed E-state index contributed by atoms with van der Waals surface area (Å²) < 4.78 is 5.63. The maximum absolute atomic E-state index is 10.0. The Labute approximate surface area is 88.5 Å². The van der Waals surface area contributed by atoms with Crippen LogP contribution in [0.2, 0.25) is 0 Å². The van der Waals surface area contributed by atoms with Gasteiger partial charge in [0, 0.05) is 5.39 Å². The standard InChI is InChI=1S/C13H14O2/c1-8-6-10(8)13(14)12-7-9-4-2-3-5-11(9)15-12/h2-5,7-8,10,13-14H,6H2,1H3. The van der Waals surface area contributed by atoms with Gasteiger partial charge >= 0.3 is 0 Å². The van der Waals surface area contributed by atoms with Gasteiger partial charge in [-0.2, -0.15) is 0 Å². The topological polar surface area (TPSA) is 33.4 Å². The van der Waals surface area contributed by atoms with E-state index in [9.17, 15) is 5.11 Å². The lowest BCUT2D eigenvalue weighted by Crippen LogP contribution is -1.98. The molecule has 2 aromatic rings. The molecule has 1 heterocycles. The maximum atomic E-state index is 10.0. The van der Waals surface area contributed by atoms with Gasteiger partial charge in [-0.25, -0.2) is 0 Å². The summed E-state index contributed by atoms with van der Waals surface area (Å²) in [4.78, 5) is 0. The smallest absolute Gasteiger partial charge is 0.134 e. The van der Waals surface area contributed by atoms with E-state index in [2.05, 4.69) is 6.92 Å². The SMILES string of the molecule is CC1CC1C(O)c1cc2ccccc2o1. The van der Waals surface area contributed by atoms with Crippen LogP contribution in [-0.2, 0) is 0 Å². The third-order valence-corrected chi connectivity index (χ3v) is 3.31. The second-order valence-electron chi connectivity index (χ2n) is 4.51. The molecule has 1 N–H and O–H groups in total. The minimum atomic E-state index is -0.424. The normalized spacial score (nSPS) is 26.8. The van der Waals surface area contributed by atoms with Crippen LogP contribution in [-0.4, -0.2) is 5.11 Å². The first kappa shape index (κ1) is 8.98. The van der Waals surface area contributed by atoms with Crippen molar-refractivity contribution in [3.05, 3.63) is 36.1 Å². The van der Waals surface area contributed by atoms with Crippen molar-refractivity contribution in [2.75, 3.05) is 0 Å². The molecule has 78 valence electrons. The van der Waals surface area contributed by atoms with E-state index < -0.39 is 6.10 Å². The van der Waals surface area contributed by atoms with Gasteiger partial charge in [0.15, 0.2) is 0 Å². The van der Waals surface area contributed by atoms with Crippen LogP contribution < -0.4 is 0 Å². The third-order valence-electron chi connectivity index (χ3n) is 3.31. The fourth-order valence-corrected chi connectivity index (χ4v) is 2.15. The zero-order chi connectivity index (χ0) is 10.4. The summed E-state index contributed by atoms with van der Waals surface area (Å²) in [6, 6.07) is 9.81. The summed E-state index contributed by atoms with van der Waals surface area (Å²) in [6.45, 7) is 2.16. The molecule has 1 aliphatic carbocycles. The highest BCUT2D eigenvalue weighted by molar-refractivity contribution is 5.77. The van der Waals surface area contributed by atoms with Gasteiger partial charge in [0.25, 0.3) is 0 Å². The van der Waals surface area contributed by atoms with E-state index in [0.29, 0.717) is 17.6 Å². The number of hydrogen-bond donors (Lipinski definition) is 1. The number of fused-ring (bicyclic) bond motifs is 1. The molecular weight excluding hydrogens is 188 g/mol. The van der Waals surface area contributed by atoms with Crippen molar-refractivity contribution in [2.24, 2.45) is 11.8 Å². The van der Waals surface area contributed by atoms with Crippen LogP contribution >= 0.6 is 0 Å². The number of aliphatic hydroxyl groups excluding tert-OH is 1. The molecule has 15 heavy (non-hydrogen) atoms. The summed E-state index contributed by atoms with van der Waals surface area (Å²) in [6.07, 6.45) is 0.686. The molecule has 1 aromatic heterocycles. The Morgan fingerprint density at radius 1 is 1.40 bits per heavy atom. The number of benzene rings is 1. The Bertz CT molecular complexity index is 453. The minimum Gasteiger partial charge on any atom is -0.458 e. The van der Waals surface area contributed by atoms with E-state index in [1.807, 2.05) is 30.3 Å². The van der Waals surface area contributed by atoms with E-state index in [-0.39, 0.29) is 0 Å². The van der Waals surface area contributed by atoms with Gasteiger partial charge in [-0.15, -0.1) is 0 Å². The number of aliphatic hydroxyl groups is 1. The van der Waals surface area contributed by atoms with Crippen molar-refractivity contribution in [1.29, 1.82) is 0 Å². The molecule has 0 radical (unpaired) electrons. The molecule has 0 saturated heterocycles. The second-order valence-corrected chi connectivity index (χ2v) is 4.51. The van der Waals surface area contributed by atoms with Gasteiger partial charge in [0.2, 0.25) is 0 Å². The highest BCUT2D eigenvalue weighted by atomic mass is 16.4. The molecule has 3 unspecified atom stereocenters. The van der Waals surface area contributed by atoms with Crippen molar-refractivity contribution in [3.8, 4) is 0 Å². The molecule has 1 aliphatic rings. The largest absolute Gasteiger partial charge is 0.458 e. The molecule has 0 spiro atoms. The summed E-state index contributed by atoms with van der Waals surface area (Å²) >= 11 is 0. The van der Waals surface area contributed by atoms with Crippen LogP contribution in [0, 0.1) is 11.8 Å². The van der Waals surface area contributed by atoms with Crippen LogP contribution in [0.5, 0.6) is 0 Å². The first-order chi connectivity index (χ1) is 7.25. The van der Waals surface area contributed by atoms with Crippen molar-refractivity contribution >= 4 is 11.0 Å². The summed E-state index contributed by atoms with van der Waals surface area (Å²) in [7, 11) is 0. The Hall–Kier alpha value is -1.28. The van der Waals surface area contributed by atoms with Crippen LogP contribution in [0.4, 0.5) is 0 Å². The van der Waals surface area contributed by atoms with Gasteiger partial charge < -0.3 is 9.52 Å². The average Bonchev–Trinajstić information content (AvgIpc) is 2.81. The summed E-state index contributed by atoms with van der Waals surface area (Å²) in [5.41, 5.74) is 0.861. The Kier molecular flexibility index (Phi) is 1.86. The third kappa shape index (κ3) is 1.45. The number of rotatable bonds is 2. The molecule has 3 rings (SSSR count). The molecule has 2 nitrogen and oxygen atoms in total. The number of furan rings is 1. The monoisotopic (exact) mass is 202 g/mol. The van der Waals surface area contributed by atoms with E-state index in [1.165, 1.54) is 0 Å². The number of hydrogen-bond acceptors (Lipinski definition) is 2. The second kappa shape index (κ2) is 3.11. The van der Waals surface area contributed by atoms with Crippen molar-refractivity contribution in [1.82, 2.24) is 0 Å². The minimum absolute atomic E-state index is 0.394. The van der Waals surface area contributed by atoms with E-state index in [1.54, 1.807) is 0 Å². The van der Waals surface area contributed by atoms with Crippen LogP contribution in [0.15, 0.2) is 34.7 Å². The summed E-state index contributed by atoms with van der Waals surface area (Å²) in [5, 5.41) is 11.1. The van der Waals surface area contributed by atoms with E-state index in [0.717, 1.165) is 17.4 Å². The van der Waals surface area contributed by atoms with Crippen molar-refractivity contribution in [2.45, 2.75) is 19.4 Å². The summed E-state index contributed by atoms with van der Waals surface area (Å²) in [5.74, 6) is 1.74. The quantitative estimate of drug-likeness (QED) is 0.811. The Morgan fingerprint density at radius 3 is 2.80 bits per heavy atom. The van der Waals surface area contributed by atoms with Crippen molar-refractivity contribution < 1.29 is 9.52 Å². The van der Waals surface area contributed by atoms with Gasteiger partial charge in [-0.05, 0) is 30.4 Å². The molecule has 0 bridgehead atoms. The molecular formula is C13H14O2. The van der Waals surface area contributed by atoms with Crippen LogP contribution in [0.3, 0.4) is 0 Å². The number of para-hydroxylation sites is 1. The van der Waals surface area contributed by atoms with Gasteiger partial charge in [0.05, 0.1) is 0 Å². The highest BCUT2D eigenvalue weighted by Crippen LogP contribution is 2.47. The Morgan fingerprint density at radius 2 is 2.13 bits per heavy atom. The molecule has 0 amide bonds. The lowest BCUT2D eigenvalue weighted by Gasteiger charge is -2.04. The van der Waals surface area contributed by atoms with Crippen molar-refractivity contribution in [3.63, 3.8) is 0 Å². The first-order valence-electron chi connectivity index (χ1n) is 5.42. The predicted molar refractivity (Wildman–Crippen MR) is 58.4 cm³/mol. The molecule has 1 aromatic carbocycles. The molecule has 3 atom stereocenters. The van der Waals surface area contributed by atoms with Gasteiger partial charge in [-0.3, -0.25) is 0 Å². The predicted octanol–water partition coefficient (Wildman–Crippen LogP) is 3.12. The van der Waals surface area contributed by atoms with Gasteiger partial charge in [-0.1, -0.05) is 25.1 Å². The molecule has 0 aliphatic heterocycles. The fourth-order valence-electron chi connectivity index (χ4n) is 2.15. The van der Waals surface area contributed by atoms with Crippen LogP contribution in [0.25, 0.3) is 11.0 Å². The lowest BCUT2D eigenvalue weighted by molar-refractivity contribution is 0.124. The lowest BCUT2D eigenvalue weighted by atomic mass is 10.1. The van der Waals surface area contributed by atoms with Gasteiger partial charge in [0.1, 0.15) is 17.4 Å². The fraction of sp³-hybridized carbons (Fsp3) is 0.385. The average molecular weight is 202 g/mol.